The van der Waals surface area contributed by atoms with Gasteiger partial charge in [-0.25, -0.2) is 0 Å². The van der Waals surface area contributed by atoms with E-state index in [-0.39, 0.29) is 18.6 Å². The fourth-order valence-corrected chi connectivity index (χ4v) is 4.19. The van der Waals surface area contributed by atoms with Gasteiger partial charge in [-0.3, -0.25) is 4.79 Å². The number of benzene rings is 1. The van der Waals surface area contributed by atoms with Gasteiger partial charge >= 0.3 is 6.18 Å². The summed E-state index contributed by atoms with van der Waals surface area (Å²) in [6, 6.07) is 4.76. The minimum Gasteiger partial charge on any atom is -0.394 e. The van der Waals surface area contributed by atoms with E-state index in [2.05, 4.69) is 15.5 Å². The number of carbonyl (C=O) groups excluding carboxylic acids is 1. The van der Waals surface area contributed by atoms with Crippen molar-refractivity contribution in [2.45, 2.75) is 31.1 Å². The quantitative estimate of drug-likeness (QED) is 0.736. The summed E-state index contributed by atoms with van der Waals surface area (Å²) in [5, 5.41) is 15.2. The number of nitrogens with one attached hydrogen (secondary N) is 2. The SMILES string of the molecule is CNC(=O)[C@H](CO)N[C@H]1CC[C@@H]2CN(c3ccc(C(F)(F)F)cc3)C[C@@H]21. The summed E-state index contributed by atoms with van der Waals surface area (Å²) < 4.78 is 38.1. The molecule has 3 rings (SSSR count). The van der Waals surface area contributed by atoms with E-state index >= 15 is 0 Å². The molecule has 2 fully saturated rings. The van der Waals surface area contributed by atoms with Crippen LogP contribution in [0.5, 0.6) is 0 Å². The molecule has 1 aromatic rings. The summed E-state index contributed by atoms with van der Waals surface area (Å²) >= 11 is 0. The Morgan fingerprint density at radius 1 is 1.27 bits per heavy atom. The van der Waals surface area contributed by atoms with E-state index in [9.17, 15) is 23.1 Å². The van der Waals surface area contributed by atoms with Crippen molar-refractivity contribution in [3.05, 3.63) is 29.8 Å². The Balaban J connectivity index is 1.65. The summed E-state index contributed by atoms with van der Waals surface area (Å²) in [7, 11) is 1.53. The minimum absolute atomic E-state index is 0.119. The number of hydrogen-bond donors (Lipinski definition) is 3. The molecule has 1 aliphatic heterocycles. The number of aliphatic hydroxyl groups excluding tert-OH is 1. The first-order valence-corrected chi connectivity index (χ1v) is 8.84. The predicted molar refractivity (Wildman–Crippen MR) is 91.7 cm³/mol. The van der Waals surface area contributed by atoms with Gasteiger partial charge in [0.05, 0.1) is 12.2 Å². The van der Waals surface area contributed by atoms with Crippen LogP contribution in [-0.4, -0.2) is 49.8 Å². The maximum Gasteiger partial charge on any atom is 0.416 e. The smallest absolute Gasteiger partial charge is 0.394 e. The Bertz CT molecular complexity index is 636. The van der Waals surface area contributed by atoms with Crippen LogP contribution >= 0.6 is 0 Å². The summed E-state index contributed by atoms with van der Waals surface area (Å²) in [4.78, 5) is 13.9. The maximum atomic E-state index is 12.7. The number of carbonyl (C=O) groups is 1. The monoisotopic (exact) mass is 371 g/mol. The summed E-state index contributed by atoms with van der Waals surface area (Å²) in [5.41, 5.74) is 0.146. The van der Waals surface area contributed by atoms with Crippen LogP contribution in [0.2, 0.25) is 0 Å². The van der Waals surface area contributed by atoms with E-state index in [4.69, 9.17) is 0 Å². The van der Waals surface area contributed by atoms with Crippen LogP contribution in [0, 0.1) is 11.8 Å². The van der Waals surface area contributed by atoms with E-state index in [1.165, 1.54) is 19.2 Å². The number of hydrogen-bond acceptors (Lipinski definition) is 4. The van der Waals surface area contributed by atoms with Crippen molar-refractivity contribution < 1.29 is 23.1 Å². The number of likely N-dealkylation sites (N-methyl/N-ethyl adjacent to an activating group) is 1. The molecule has 1 aromatic carbocycles. The van der Waals surface area contributed by atoms with E-state index in [1.807, 2.05) is 0 Å². The highest BCUT2D eigenvalue weighted by atomic mass is 19.4. The molecule has 1 amide bonds. The normalized spacial score (nSPS) is 26.7. The maximum absolute atomic E-state index is 12.7. The highest BCUT2D eigenvalue weighted by molar-refractivity contribution is 5.81. The second-order valence-corrected chi connectivity index (χ2v) is 7.07. The molecule has 4 atom stereocenters. The van der Waals surface area contributed by atoms with Gasteiger partial charge in [0.15, 0.2) is 0 Å². The zero-order chi connectivity index (χ0) is 18.9. The van der Waals surface area contributed by atoms with Crippen LogP contribution in [0.4, 0.5) is 18.9 Å². The Hall–Kier alpha value is -1.80. The summed E-state index contributed by atoms with van der Waals surface area (Å²) in [6.45, 7) is 1.27. The van der Waals surface area contributed by atoms with Gasteiger partial charge in [-0.2, -0.15) is 13.2 Å². The van der Waals surface area contributed by atoms with Gasteiger partial charge in [-0.1, -0.05) is 0 Å². The molecule has 1 saturated carbocycles. The number of halogens is 3. The van der Waals surface area contributed by atoms with Crippen molar-refractivity contribution in [2.24, 2.45) is 11.8 Å². The molecule has 144 valence electrons. The number of rotatable bonds is 5. The predicted octanol–water partition coefficient (Wildman–Crippen LogP) is 1.62. The third kappa shape index (κ3) is 3.81. The molecule has 1 aliphatic carbocycles. The minimum atomic E-state index is -4.33. The molecule has 0 spiro atoms. The van der Waals surface area contributed by atoms with Gasteiger partial charge in [-0.05, 0) is 48.9 Å². The Kier molecular flexibility index (Phi) is 5.43. The summed E-state index contributed by atoms with van der Waals surface area (Å²) in [5.74, 6) is 0.517. The molecular formula is C18H24F3N3O2. The van der Waals surface area contributed by atoms with Crippen molar-refractivity contribution in [3.8, 4) is 0 Å². The molecule has 0 aromatic heterocycles. The zero-order valence-electron chi connectivity index (χ0n) is 14.6. The lowest BCUT2D eigenvalue weighted by atomic mass is 9.97. The highest BCUT2D eigenvalue weighted by Gasteiger charge is 2.43. The van der Waals surface area contributed by atoms with E-state index in [1.54, 1.807) is 0 Å². The van der Waals surface area contributed by atoms with Gasteiger partial charge in [0.1, 0.15) is 6.04 Å². The molecule has 0 bridgehead atoms. The first-order valence-electron chi connectivity index (χ1n) is 8.84. The Morgan fingerprint density at radius 2 is 1.96 bits per heavy atom. The Morgan fingerprint density at radius 3 is 2.54 bits per heavy atom. The fraction of sp³-hybridized carbons (Fsp3) is 0.611. The average Bonchev–Trinajstić information content (AvgIpc) is 3.19. The largest absolute Gasteiger partial charge is 0.416 e. The average molecular weight is 371 g/mol. The number of fused-ring (bicyclic) bond motifs is 1. The first kappa shape index (κ1) is 19.0. The second kappa shape index (κ2) is 7.44. The van der Waals surface area contributed by atoms with Gasteiger partial charge in [0.25, 0.3) is 0 Å². The van der Waals surface area contributed by atoms with Gasteiger partial charge in [-0.15, -0.1) is 0 Å². The van der Waals surface area contributed by atoms with Crippen molar-refractivity contribution in [2.75, 3.05) is 31.6 Å². The Labute approximate surface area is 150 Å². The molecule has 1 saturated heterocycles. The molecule has 1 heterocycles. The number of amides is 1. The lowest BCUT2D eigenvalue weighted by Gasteiger charge is -2.26. The van der Waals surface area contributed by atoms with Crippen molar-refractivity contribution in [1.82, 2.24) is 10.6 Å². The van der Waals surface area contributed by atoms with E-state index in [0.29, 0.717) is 11.8 Å². The number of aliphatic hydroxyl groups is 1. The van der Waals surface area contributed by atoms with Crippen LogP contribution in [-0.2, 0) is 11.0 Å². The van der Waals surface area contributed by atoms with Crippen molar-refractivity contribution in [1.29, 1.82) is 0 Å². The van der Waals surface area contributed by atoms with Crippen LogP contribution in [0.25, 0.3) is 0 Å². The molecule has 3 N–H and O–H groups in total. The zero-order valence-corrected chi connectivity index (χ0v) is 14.6. The molecule has 8 heteroatoms. The van der Waals surface area contributed by atoms with E-state index < -0.39 is 17.8 Å². The number of nitrogens with zero attached hydrogens (tertiary/aromatic N) is 1. The number of anilines is 1. The fourth-order valence-electron chi connectivity index (χ4n) is 4.19. The van der Waals surface area contributed by atoms with Crippen LogP contribution in [0.3, 0.4) is 0 Å². The van der Waals surface area contributed by atoms with Gasteiger partial charge < -0.3 is 20.6 Å². The first-order chi connectivity index (χ1) is 12.3. The second-order valence-electron chi connectivity index (χ2n) is 7.07. The number of alkyl halides is 3. The lowest BCUT2D eigenvalue weighted by Crippen LogP contribution is -2.51. The molecule has 5 nitrogen and oxygen atoms in total. The molecule has 0 unspecified atom stereocenters. The van der Waals surface area contributed by atoms with Crippen LogP contribution < -0.4 is 15.5 Å². The van der Waals surface area contributed by atoms with Crippen molar-refractivity contribution in [3.63, 3.8) is 0 Å². The van der Waals surface area contributed by atoms with Gasteiger partial charge in [0.2, 0.25) is 5.91 Å². The van der Waals surface area contributed by atoms with E-state index in [0.717, 1.165) is 43.8 Å². The van der Waals surface area contributed by atoms with Crippen LogP contribution in [0.1, 0.15) is 18.4 Å². The molecule has 0 radical (unpaired) electrons. The van der Waals surface area contributed by atoms with Crippen molar-refractivity contribution >= 4 is 11.6 Å². The molecule has 2 aliphatic rings. The third-order valence-electron chi connectivity index (χ3n) is 5.58. The molecular weight excluding hydrogens is 347 g/mol. The molecule has 26 heavy (non-hydrogen) atoms. The lowest BCUT2D eigenvalue weighted by molar-refractivity contribution is -0.137. The highest BCUT2D eigenvalue weighted by Crippen LogP contribution is 2.40. The van der Waals surface area contributed by atoms with Crippen LogP contribution in [0.15, 0.2) is 24.3 Å². The topological polar surface area (TPSA) is 64.6 Å². The standard InChI is InChI=1S/C18H24F3N3O2/c1-22-17(26)16(10-25)23-15-7-2-11-8-24(9-14(11)15)13-5-3-12(4-6-13)18(19,20)21/h3-6,11,14-16,23,25H,2,7-10H2,1H3,(H,22,26)/t11-,14+,15+,16+/m1/s1. The summed E-state index contributed by atoms with van der Waals surface area (Å²) in [6.07, 6.45) is -2.39. The van der Waals surface area contributed by atoms with Gasteiger partial charge in [0, 0.05) is 31.9 Å². The third-order valence-corrected chi connectivity index (χ3v) is 5.58.